The Kier molecular flexibility index (Phi) is 9.20. The molecular weight excluding hydrogens is 448 g/mol. The number of rotatable bonds is 11. The Morgan fingerprint density at radius 1 is 0.771 bits per heavy atom. The molecule has 1 atom stereocenters. The number of aliphatic hydroxyl groups is 1. The fourth-order valence-electron chi connectivity index (χ4n) is 4.31. The van der Waals surface area contributed by atoms with Crippen molar-refractivity contribution in [3.63, 3.8) is 0 Å². The highest BCUT2D eigenvalue weighted by molar-refractivity contribution is 5.42. The van der Waals surface area contributed by atoms with E-state index in [0.29, 0.717) is 19.7 Å². The van der Waals surface area contributed by atoms with Crippen LogP contribution in [0.2, 0.25) is 0 Å². The van der Waals surface area contributed by atoms with Crippen molar-refractivity contribution in [2.45, 2.75) is 12.2 Å². The normalized spacial score (nSPS) is 15.9. The summed E-state index contributed by atoms with van der Waals surface area (Å²) in [6, 6.07) is 22.4. The van der Waals surface area contributed by atoms with Gasteiger partial charge in [-0.15, -0.1) is 0 Å². The number of para-hydroxylation sites is 1. The van der Waals surface area contributed by atoms with Gasteiger partial charge < -0.3 is 15.2 Å². The highest BCUT2D eigenvalue weighted by Gasteiger charge is 2.20. The Morgan fingerprint density at radius 2 is 1.31 bits per heavy atom. The fourth-order valence-corrected chi connectivity index (χ4v) is 4.31. The van der Waals surface area contributed by atoms with Crippen molar-refractivity contribution in [3.05, 3.63) is 102 Å². The lowest BCUT2D eigenvalue weighted by atomic mass is 10.0. The van der Waals surface area contributed by atoms with Crippen LogP contribution in [0.1, 0.15) is 17.2 Å². The van der Waals surface area contributed by atoms with Gasteiger partial charge in [0.1, 0.15) is 17.7 Å². The predicted molar refractivity (Wildman–Crippen MR) is 134 cm³/mol. The van der Waals surface area contributed by atoms with E-state index in [1.165, 1.54) is 24.3 Å². The summed E-state index contributed by atoms with van der Waals surface area (Å²) in [6.07, 6.45) is -0.818. The van der Waals surface area contributed by atoms with Crippen molar-refractivity contribution < 1.29 is 18.6 Å². The van der Waals surface area contributed by atoms with E-state index in [2.05, 4.69) is 15.1 Å². The number of nitrogens with zero attached hydrogens (tertiary/aromatic N) is 2. The average molecular weight is 482 g/mol. The monoisotopic (exact) mass is 481 g/mol. The van der Waals surface area contributed by atoms with Gasteiger partial charge in [-0.1, -0.05) is 42.5 Å². The van der Waals surface area contributed by atoms with E-state index in [-0.39, 0.29) is 17.7 Å². The zero-order valence-electron chi connectivity index (χ0n) is 19.8. The number of piperazine rings is 1. The lowest BCUT2D eigenvalue weighted by molar-refractivity contribution is 0.0366. The molecule has 35 heavy (non-hydrogen) atoms. The quantitative estimate of drug-likeness (QED) is 0.431. The zero-order valence-corrected chi connectivity index (χ0v) is 19.8. The smallest absolute Gasteiger partial charge is 0.123 e. The van der Waals surface area contributed by atoms with Gasteiger partial charge in [0.15, 0.2) is 0 Å². The molecule has 186 valence electrons. The first-order chi connectivity index (χ1) is 17.1. The first-order valence-corrected chi connectivity index (χ1v) is 12.1. The lowest BCUT2D eigenvalue weighted by Crippen LogP contribution is -2.50. The molecule has 0 radical (unpaired) electrons. The second-order valence-corrected chi connectivity index (χ2v) is 8.90. The molecule has 0 saturated carbocycles. The number of ether oxygens (including phenoxy) is 1. The number of hydrogen-bond donors (Lipinski definition) is 2. The first-order valence-electron chi connectivity index (χ1n) is 12.1. The molecule has 7 heteroatoms. The molecule has 3 aromatic carbocycles. The topological polar surface area (TPSA) is 48.0 Å². The molecule has 2 N–H and O–H groups in total. The van der Waals surface area contributed by atoms with Gasteiger partial charge in [0.05, 0.1) is 12.7 Å². The Morgan fingerprint density at radius 3 is 1.89 bits per heavy atom. The van der Waals surface area contributed by atoms with Crippen LogP contribution < -0.4 is 5.32 Å². The van der Waals surface area contributed by atoms with Gasteiger partial charge in [0.25, 0.3) is 0 Å². The maximum Gasteiger partial charge on any atom is 0.123 e. The van der Waals surface area contributed by atoms with Gasteiger partial charge in [-0.3, -0.25) is 9.80 Å². The predicted octanol–water partition coefficient (Wildman–Crippen LogP) is 4.16. The van der Waals surface area contributed by atoms with E-state index in [4.69, 9.17) is 4.74 Å². The molecule has 5 nitrogen and oxygen atoms in total. The van der Waals surface area contributed by atoms with Crippen LogP contribution in [0.4, 0.5) is 14.5 Å². The van der Waals surface area contributed by atoms with Crippen molar-refractivity contribution in [2.24, 2.45) is 0 Å². The van der Waals surface area contributed by atoms with E-state index in [0.717, 1.165) is 49.5 Å². The minimum atomic E-state index is -0.433. The van der Waals surface area contributed by atoms with E-state index < -0.39 is 6.10 Å². The van der Waals surface area contributed by atoms with Gasteiger partial charge in [-0.2, -0.15) is 0 Å². The molecule has 0 amide bonds. The summed E-state index contributed by atoms with van der Waals surface area (Å²) in [5.74, 6) is -0.601. The van der Waals surface area contributed by atoms with E-state index in [9.17, 15) is 13.9 Å². The van der Waals surface area contributed by atoms with Gasteiger partial charge >= 0.3 is 0 Å². The van der Waals surface area contributed by atoms with Crippen molar-refractivity contribution in [1.29, 1.82) is 0 Å². The number of hydrogen-bond acceptors (Lipinski definition) is 5. The van der Waals surface area contributed by atoms with Gasteiger partial charge in [-0.05, 0) is 47.5 Å². The molecule has 1 aliphatic heterocycles. The lowest BCUT2D eigenvalue weighted by Gasteiger charge is -2.35. The summed E-state index contributed by atoms with van der Waals surface area (Å²) in [5.41, 5.74) is 2.68. The van der Waals surface area contributed by atoms with E-state index in [1.807, 2.05) is 30.3 Å². The minimum Gasteiger partial charge on any atom is -0.390 e. The van der Waals surface area contributed by atoms with Crippen LogP contribution in [0.5, 0.6) is 0 Å². The number of anilines is 1. The van der Waals surface area contributed by atoms with Crippen LogP contribution in [-0.2, 0) is 4.74 Å². The molecule has 0 spiro atoms. The Bertz CT molecular complexity index is 965. The molecule has 0 aromatic heterocycles. The van der Waals surface area contributed by atoms with Crippen LogP contribution in [-0.4, -0.2) is 73.4 Å². The molecule has 3 aromatic rings. The highest BCUT2D eigenvalue weighted by Crippen LogP contribution is 2.26. The first kappa shape index (κ1) is 25.3. The van der Waals surface area contributed by atoms with Gasteiger partial charge in [-0.25, -0.2) is 8.78 Å². The SMILES string of the molecule is OC(CNc1ccccc1)CN1CCN(CCOC(c2ccc(F)cc2)c2ccc(F)cc2)CC1. The number of halogens is 2. The highest BCUT2D eigenvalue weighted by atomic mass is 19.1. The maximum absolute atomic E-state index is 13.4. The summed E-state index contributed by atoms with van der Waals surface area (Å²) < 4.78 is 33.0. The molecule has 1 heterocycles. The Hall–Kier alpha value is -2.84. The van der Waals surface area contributed by atoms with Gasteiger partial charge in [0.2, 0.25) is 0 Å². The second kappa shape index (κ2) is 12.7. The zero-order chi connectivity index (χ0) is 24.5. The average Bonchev–Trinajstić information content (AvgIpc) is 2.88. The van der Waals surface area contributed by atoms with Crippen LogP contribution in [0.25, 0.3) is 0 Å². The summed E-state index contributed by atoms with van der Waals surface area (Å²) in [7, 11) is 0. The van der Waals surface area contributed by atoms with Crippen molar-refractivity contribution in [3.8, 4) is 0 Å². The van der Waals surface area contributed by atoms with E-state index >= 15 is 0 Å². The second-order valence-electron chi connectivity index (χ2n) is 8.90. The third-order valence-corrected chi connectivity index (χ3v) is 6.29. The number of benzene rings is 3. The van der Waals surface area contributed by atoms with Crippen LogP contribution >= 0.6 is 0 Å². The van der Waals surface area contributed by atoms with Crippen LogP contribution in [0.15, 0.2) is 78.9 Å². The molecule has 1 unspecified atom stereocenters. The summed E-state index contributed by atoms with van der Waals surface area (Å²) >= 11 is 0. The number of β-amino-alcohol motifs (C(OH)–C–C–N with tert-alkyl or cyclic N) is 1. The maximum atomic E-state index is 13.4. The Balaban J connectivity index is 1.21. The standard InChI is InChI=1S/C28H33F2N3O2/c29-24-10-6-22(7-11-24)28(23-8-12-25(30)13-9-23)35-19-18-32-14-16-33(17-15-32)21-27(34)20-31-26-4-2-1-3-5-26/h1-13,27-28,31,34H,14-21H2. The molecule has 0 bridgehead atoms. The largest absolute Gasteiger partial charge is 0.390 e. The van der Waals surface area contributed by atoms with Crippen LogP contribution in [0.3, 0.4) is 0 Å². The molecular formula is C28H33F2N3O2. The molecule has 4 rings (SSSR count). The fraction of sp³-hybridized carbons (Fsp3) is 0.357. The van der Waals surface area contributed by atoms with Crippen molar-refractivity contribution >= 4 is 5.69 Å². The molecule has 1 aliphatic rings. The summed E-state index contributed by atoms with van der Waals surface area (Å²) in [4.78, 5) is 4.63. The molecule has 1 saturated heterocycles. The summed E-state index contributed by atoms with van der Waals surface area (Å²) in [5, 5.41) is 13.7. The van der Waals surface area contributed by atoms with Crippen LogP contribution in [0, 0.1) is 11.6 Å². The van der Waals surface area contributed by atoms with Gasteiger partial charge in [0, 0.05) is 51.5 Å². The number of nitrogens with one attached hydrogen (secondary N) is 1. The molecule has 1 fully saturated rings. The third-order valence-electron chi connectivity index (χ3n) is 6.29. The molecule has 0 aliphatic carbocycles. The number of aliphatic hydroxyl groups excluding tert-OH is 1. The van der Waals surface area contributed by atoms with E-state index in [1.54, 1.807) is 24.3 Å². The van der Waals surface area contributed by atoms with Crippen molar-refractivity contribution in [1.82, 2.24) is 9.80 Å². The Labute approximate surface area is 205 Å². The summed E-state index contributed by atoms with van der Waals surface area (Å²) in [6.45, 7) is 6.02. The van der Waals surface area contributed by atoms with Crippen molar-refractivity contribution in [2.75, 3.05) is 57.7 Å². The third kappa shape index (κ3) is 7.83. The minimum absolute atomic E-state index is 0.301.